The van der Waals surface area contributed by atoms with Crippen LogP contribution < -0.4 is 4.90 Å². The maximum absolute atomic E-state index is 14.9. The Balaban J connectivity index is 1.67. The molecule has 2 amide bonds. The van der Waals surface area contributed by atoms with Crippen LogP contribution in [-0.2, 0) is 30.3 Å². The summed E-state index contributed by atoms with van der Waals surface area (Å²) in [5.74, 6) is -3.01. The standard InChI is InChI=1S/C33H39ClN2O6/c1-5-18-35(27-21(4)12-11-15-24(27)34)30(39)28-33-17-16-32(6-2,42-33)26(31(40)41-7-3)25(33)29(38)36(28)23(20-37)19-22-13-9-8-10-14-22/h5,8-15,23,25-26,28,37H,1,6-7,16-20H2,2-4H3/t23-,25+,26-,28?,32+,33?/m1/s1. The van der Waals surface area contributed by atoms with Gasteiger partial charge in [-0.3, -0.25) is 14.4 Å². The summed E-state index contributed by atoms with van der Waals surface area (Å²) in [6, 6.07) is 13.1. The van der Waals surface area contributed by atoms with Gasteiger partial charge in [0.25, 0.3) is 5.91 Å². The minimum atomic E-state index is -1.26. The molecule has 9 heteroatoms. The molecule has 2 aromatic carbocycles. The first-order valence-electron chi connectivity index (χ1n) is 14.7. The van der Waals surface area contributed by atoms with Crippen molar-refractivity contribution in [1.29, 1.82) is 0 Å². The van der Waals surface area contributed by atoms with Gasteiger partial charge in [-0.2, -0.15) is 0 Å². The lowest BCUT2D eigenvalue weighted by atomic mass is 9.65. The highest BCUT2D eigenvalue weighted by atomic mass is 35.5. The number of hydrogen-bond donors (Lipinski definition) is 1. The van der Waals surface area contributed by atoms with Crippen molar-refractivity contribution < 1.29 is 29.0 Å². The van der Waals surface area contributed by atoms with Crippen molar-refractivity contribution in [3.8, 4) is 0 Å². The molecule has 0 aliphatic carbocycles. The van der Waals surface area contributed by atoms with Gasteiger partial charge in [-0.05, 0) is 56.7 Å². The molecule has 3 heterocycles. The Morgan fingerprint density at radius 3 is 2.57 bits per heavy atom. The minimum absolute atomic E-state index is 0.144. The van der Waals surface area contributed by atoms with Gasteiger partial charge in [0.15, 0.2) is 0 Å². The number of hydrogen-bond acceptors (Lipinski definition) is 6. The molecular weight excluding hydrogens is 556 g/mol. The minimum Gasteiger partial charge on any atom is -0.466 e. The number of fused-ring (bicyclic) bond motifs is 1. The van der Waals surface area contributed by atoms with Crippen molar-refractivity contribution >= 4 is 35.1 Å². The Bertz CT molecular complexity index is 1350. The smallest absolute Gasteiger partial charge is 0.312 e. The van der Waals surface area contributed by atoms with Crippen LogP contribution in [0, 0.1) is 18.8 Å². The van der Waals surface area contributed by atoms with E-state index in [0.717, 1.165) is 11.1 Å². The predicted octanol–water partition coefficient (Wildman–Crippen LogP) is 4.49. The SMILES string of the molecule is C=CCN(C(=O)C1N([C@@H](CO)Cc2ccccc2)C(=O)[C@@H]2[C@H](C(=O)OCC)[C@]3(CC)CCC12O3)c1c(C)cccc1Cl. The third-order valence-corrected chi connectivity index (χ3v) is 9.65. The van der Waals surface area contributed by atoms with Crippen molar-refractivity contribution in [3.63, 3.8) is 0 Å². The van der Waals surface area contributed by atoms with E-state index in [4.69, 9.17) is 21.1 Å². The molecule has 3 aliphatic heterocycles. The molecule has 2 unspecified atom stereocenters. The van der Waals surface area contributed by atoms with Crippen molar-refractivity contribution in [2.24, 2.45) is 11.8 Å². The lowest BCUT2D eigenvalue weighted by Gasteiger charge is -2.40. The van der Waals surface area contributed by atoms with E-state index in [1.54, 1.807) is 24.0 Å². The zero-order chi connectivity index (χ0) is 30.2. The number of anilines is 1. The Morgan fingerprint density at radius 2 is 1.95 bits per heavy atom. The summed E-state index contributed by atoms with van der Waals surface area (Å²) in [6.45, 7) is 9.36. The monoisotopic (exact) mass is 594 g/mol. The fraction of sp³-hybridized carbons (Fsp3) is 0.485. The van der Waals surface area contributed by atoms with Gasteiger partial charge in [-0.1, -0.05) is 67.1 Å². The molecule has 3 aliphatic rings. The van der Waals surface area contributed by atoms with E-state index in [2.05, 4.69) is 6.58 Å². The predicted molar refractivity (Wildman–Crippen MR) is 160 cm³/mol. The molecule has 2 bridgehead atoms. The van der Waals surface area contributed by atoms with E-state index in [9.17, 15) is 19.5 Å². The van der Waals surface area contributed by atoms with Gasteiger partial charge < -0.3 is 24.4 Å². The summed E-state index contributed by atoms with van der Waals surface area (Å²) in [5.41, 5.74) is 0.0540. The fourth-order valence-electron chi connectivity index (χ4n) is 7.59. The van der Waals surface area contributed by atoms with E-state index in [1.165, 1.54) is 4.90 Å². The first-order valence-corrected chi connectivity index (χ1v) is 15.1. The van der Waals surface area contributed by atoms with Crippen molar-refractivity contribution in [1.82, 2.24) is 4.90 Å². The first kappa shape index (κ1) is 30.3. The zero-order valence-electron chi connectivity index (χ0n) is 24.4. The average Bonchev–Trinajstić information content (AvgIpc) is 3.59. The molecular formula is C33H39ClN2O6. The Labute approximate surface area is 252 Å². The summed E-state index contributed by atoms with van der Waals surface area (Å²) in [4.78, 5) is 46.1. The number of nitrogens with zero attached hydrogens (tertiary/aromatic N) is 2. The number of para-hydroxylation sites is 1. The number of halogens is 1. The molecule has 6 atom stereocenters. The lowest BCUT2D eigenvalue weighted by molar-refractivity contribution is -0.161. The maximum atomic E-state index is 14.9. The topological polar surface area (TPSA) is 96.4 Å². The number of aryl methyl sites for hydroxylation is 1. The molecule has 0 saturated carbocycles. The molecule has 3 fully saturated rings. The summed E-state index contributed by atoms with van der Waals surface area (Å²) in [7, 11) is 0. The van der Waals surface area contributed by atoms with Gasteiger partial charge in [0.1, 0.15) is 17.6 Å². The summed E-state index contributed by atoms with van der Waals surface area (Å²) in [6.07, 6.45) is 3.38. The second-order valence-corrected chi connectivity index (χ2v) is 11.9. The van der Waals surface area contributed by atoms with Crippen LogP contribution in [-0.4, -0.2) is 70.8 Å². The molecule has 1 spiro atoms. The number of ether oxygens (including phenoxy) is 2. The summed E-state index contributed by atoms with van der Waals surface area (Å²) >= 11 is 6.66. The summed E-state index contributed by atoms with van der Waals surface area (Å²) < 4.78 is 12.3. The maximum Gasteiger partial charge on any atom is 0.312 e. The third-order valence-electron chi connectivity index (χ3n) is 9.35. The van der Waals surface area contributed by atoms with Crippen LogP contribution in [0.3, 0.4) is 0 Å². The molecule has 224 valence electrons. The highest BCUT2D eigenvalue weighted by Gasteiger charge is 2.79. The van der Waals surface area contributed by atoms with Gasteiger partial charge in [-0.25, -0.2) is 0 Å². The van der Waals surface area contributed by atoms with Crippen LogP contribution in [0.4, 0.5) is 5.69 Å². The second kappa shape index (κ2) is 11.8. The number of benzene rings is 2. The number of aliphatic hydroxyl groups is 1. The van der Waals surface area contributed by atoms with E-state index in [-0.39, 0.29) is 31.6 Å². The van der Waals surface area contributed by atoms with Gasteiger partial charge in [0.2, 0.25) is 5.91 Å². The molecule has 0 radical (unpaired) electrons. The molecule has 5 rings (SSSR count). The molecule has 3 saturated heterocycles. The summed E-state index contributed by atoms with van der Waals surface area (Å²) in [5, 5.41) is 11.1. The van der Waals surface area contributed by atoms with E-state index >= 15 is 0 Å². The van der Waals surface area contributed by atoms with Crippen LogP contribution in [0.1, 0.15) is 44.2 Å². The van der Waals surface area contributed by atoms with Crippen LogP contribution in [0.5, 0.6) is 0 Å². The highest BCUT2D eigenvalue weighted by molar-refractivity contribution is 6.34. The van der Waals surface area contributed by atoms with Gasteiger partial charge >= 0.3 is 5.97 Å². The largest absolute Gasteiger partial charge is 0.466 e. The number of esters is 1. The van der Waals surface area contributed by atoms with Gasteiger partial charge in [-0.15, -0.1) is 6.58 Å². The number of aliphatic hydroxyl groups excluding tert-OH is 1. The molecule has 42 heavy (non-hydrogen) atoms. The van der Waals surface area contributed by atoms with Crippen molar-refractivity contribution in [2.75, 3.05) is 24.7 Å². The van der Waals surface area contributed by atoms with Crippen molar-refractivity contribution in [2.45, 2.75) is 69.7 Å². The van der Waals surface area contributed by atoms with E-state index < -0.39 is 41.1 Å². The Morgan fingerprint density at radius 1 is 1.21 bits per heavy atom. The third kappa shape index (κ3) is 4.64. The Kier molecular flexibility index (Phi) is 8.52. The van der Waals surface area contributed by atoms with Crippen LogP contribution in [0.15, 0.2) is 61.2 Å². The molecule has 0 aromatic heterocycles. The fourth-order valence-corrected chi connectivity index (χ4v) is 7.91. The van der Waals surface area contributed by atoms with Gasteiger partial charge in [0.05, 0.1) is 41.5 Å². The average molecular weight is 595 g/mol. The highest BCUT2D eigenvalue weighted by Crippen LogP contribution is 2.65. The number of carbonyl (C=O) groups excluding carboxylic acids is 3. The van der Waals surface area contributed by atoms with Crippen LogP contribution >= 0.6 is 11.6 Å². The second-order valence-electron chi connectivity index (χ2n) is 11.5. The quantitative estimate of drug-likeness (QED) is 0.304. The Hall–Kier alpha value is -3.20. The normalized spacial score (nSPS) is 28.5. The zero-order valence-corrected chi connectivity index (χ0v) is 25.2. The number of rotatable bonds is 11. The number of amides is 2. The number of carbonyl (C=O) groups is 3. The van der Waals surface area contributed by atoms with Crippen LogP contribution in [0.25, 0.3) is 0 Å². The van der Waals surface area contributed by atoms with Crippen molar-refractivity contribution in [3.05, 3.63) is 77.3 Å². The molecule has 2 aromatic rings. The molecule has 1 N–H and O–H groups in total. The van der Waals surface area contributed by atoms with E-state index in [1.807, 2.05) is 56.3 Å². The molecule has 8 nitrogen and oxygen atoms in total. The first-order chi connectivity index (χ1) is 20.2. The number of likely N-dealkylation sites (tertiary alicyclic amines) is 1. The van der Waals surface area contributed by atoms with Gasteiger partial charge in [0, 0.05) is 6.54 Å². The lowest BCUT2D eigenvalue weighted by Crippen LogP contribution is -2.59. The van der Waals surface area contributed by atoms with E-state index in [0.29, 0.717) is 36.4 Å². The van der Waals surface area contributed by atoms with Crippen LogP contribution in [0.2, 0.25) is 5.02 Å².